The van der Waals surface area contributed by atoms with E-state index < -0.39 is 0 Å². The number of nitrogens with zero attached hydrogens (tertiary/aromatic N) is 2. The Morgan fingerprint density at radius 3 is 2.57 bits per heavy atom. The first-order valence-corrected chi connectivity index (χ1v) is 9.53. The Hall–Kier alpha value is -2.93. The van der Waals surface area contributed by atoms with Crippen molar-refractivity contribution in [3.63, 3.8) is 0 Å². The lowest BCUT2D eigenvalue weighted by atomic mass is 9.85. The van der Waals surface area contributed by atoms with Crippen LogP contribution in [0.3, 0.4) is 0 Å². The molecule has 1 aromatic carbocycles. The van der Waals surface area contributed by atoms with Crippen molar-refractivity contribution in [2.24, 2.45) is 5.73 Å². The summed E-state index contributed by atoms with van der Waals surface area (Å²) in [6.45, 7) is 1.85. The van der Waals surface area contributed by atoms with Crippen molar-refractivity contribution in [3.05, 3.63) is 70.6 Å². The van der Waals surface area contributed by atoms with Crippen LogP contribution in [0.5, 0.6) is 0 Å². The number of nitrogens with one attached hydrogen (secondary N) is 1. The van der Waals surface area contributed by atoms with Crippen LogP contribution < -0.4 is 16.6 Å². The maximum atomic E-state index is 12.6. The summed E-state index contributed by atoms with van der Waals surface area (Å²) in [5.41, 5.74) is 6.39. The predicted octanol–water partition coefficient (Wildman–Crippen LogP) is 0.698. The van der Waals surface area contributed by atoms with Gasteiger partial charge in [0.05, 0.1) is 6.54 Å². The summed E-state index contributed by atoms with van der Waals surface area (Å²) in [5.74, 6) is -0.303. The molecule has 0 bridgehead atoms. The molecular weight excluding hydrogens is 356 g/mol. The summed E-state index contributed by atoms with van der Waals surface area (Å²) in [6, 6.07) is 14.9. The van der Waals surface area contributed by atoms with E-state index in [1.807, 2.05) is 23.1 Å². The molecule has 148 valence electrons. The number of hydrogen-bond donors (Lipinski definition) is 2. The van der Waals surface area contributed by atoms with Gasteiger partial charge in [0.15, 0.2) is 0 Å². The van der Waals surface area contributed by atoms with Crippen molar-refractivity contribution in [2.45, 2.75) is 31.3 Å². The van der Waals surface area contributed by atoms with E-state index in [1.54, 1.807) is 18.3 Å². The molecule has 1 saturated heterocycles. The van der Waals surface area contributed by atoms with E-state index in [0.717, 1.165) is 13.0 Å². The van der Waals surface area contributed by atoms with Gasteiger partial charge in [0, 0.05) is 43.7 Å². The van der Waals surface area contributed by atoms with E-state index in [9.17, 15) is 14.4 Å². The van der Waals surface area contributed by atoms with Crippen molar-refractivity contribution in [2.75, 3.05) is 19.6 Å². The summed E-state index contributed by atoms with van der Waals surface area (Å²) in [5, 5.41) is 3.11. The normalized spacial score (nSPS) is 19.9. The van der Waals surface area contributed by atoms with Crippen molar-refractivity contribution < 1.29 is 9.59 Å². The van der Waals surface area contributed by atoms with E-state index in [2.05, 4.69) is 17.4 Å². The van der Waals surface area contributed by atoms with Gasteiger partial charge in [-0.3, -0.25) is 19.3 Å². The van der Waals surface area contributed by atoms with Crippen LogP contribution in [0.2, 0.25) is 0 Å². The standard InChI is InChI=1S/C21H26N4O3/c22-19(26)15-24-12-9-17(16-6-2-1-3-7-16)18(14-24)23-20(27)10-13-25-11-5-4-8-21(25)28/h1-8,11,17-18H,9-10,12-15H2,(H2,22,26)(H,23,27)/t17-,18-/m0/s1. The lowest BCUT2D eigenvalue weighted by Crippen LogP contribution is -2.53. The van der Waals surface area contributed by atoms with E-state index in [-0.39, 0.29) is 42.3 Å². The maximum absolute atomic E-state index is 12.6. The van der Waals surface area contributed by atoms with Gasteiger partial charge in [0.1, 0.15) is 0 Å². The Labute approximate surface area is 164 Å². The number of piperidine rings is 1. The fourth-order valence-electron chi connectivity index (χ4n) is 3.78. The Bertz CT molecular complexity index is 865. The van der Waals surface area contributed by atoms with E-state index >= 15 is 0 Å². The minimum atomic E-state index is -0.369. The molecule has 3 rings (SSSR count). The number of pyridine rings is 1. The molecule has 1 aromatic heterocycles. The largest absolute Gasteiger partial charge is 0.369 e. The third-order valence-corrected chi connectivity index (χ3v) is 5.13. The number of carbonyl (C=O) groups is 2. The molecule has 0 saturated carbocycles. The lowest BCUT2D eigenvalue weighted by Gasteiger charge is -2.38. The molecule has 0 radical (unpaired) electrons. The van der Waals surface area contributed by atoms with Gasteiger partial charge in [-0.05, 0) is 24.6 Å². The smallest absolute Gasteiger partial charge is 0.250 e. The number of aryl methyl sites for hydroxylation is 1. The highest BCUT2D eigenvalue weighted by atomic mass is 16.2. The lowest BCUT2D eigenvalue weighted by molar-refractivity contribution is -0.122. The first-order valence-electron chi connectivity index (χ1n) is 9.53. The summed E-state index contributed by atoms with van der Waals surface area (Å²) in [6.07, 6.45) is 2.73. The van der Waals surface area contributed by atoms with Gasteiger partial charge < -0.3 is 15.6 Å². The van der Waals surface area contributed by atoms with Crippen molar-refractivity contribution in [1.29, 1.82) is 0 Å². The molecule has 1 aliphatic heterocycles. The maximum Gasteiger partial charge on any atom is 0.250 e. The fourth-order valence-corrected chi connectivity index (χ4v) is 3.78. The molecule has 2 atom stereocenters. The molecule has 0 spiro atoms. The van der Waals surface area contributed by atoms with Crippen LogP contribution in [0.15, 0.2) is 59.5 Å². The second kappa shape index (κ2) is 9.32. The second-order valence-electron chi connectivity index (χ2n) is 7.16. The number of rotatable bonds is 7. The topological polar surface area (TPSA) is 97.4 Å². The molecule has 0 aliphatic carbocycles. The second-order valence-corrected chi connectivity index (χ2v) is 7.16. The minimum Gasteiger partial charge on any atom is -0.369 e. The average Bonchev–Trinajstić information content (AvgIpc) is 2.68. The Morgan fingerprint density at radius 2 is 1.86 bits per heavy atom. The molecular formula is C21H26N4O3. The zero-order chi connectivity index (χ0) is 19.9. The molecule has 3 N–H and O–H groups in total. The molecule has 2 amide bonds. The Morgan fingerprint density at radius 1 is 1.11 bits per heavy atom. The number of carbonyl (C=O) groups excluding carboxylic acids is 2. The van der Waals surface area contributed by atoms with Crippen LogP contribution in [0.4, 0.5) is 0 Å². The number of hydrogen-bond acceptors (Lipinski definition) is 4. The monoisotopic (exact) mass is 382 g/mol. The molecule has 1 fully saturated rings. The molecule has 7 heteroatoms. The molecule has 1 aliphatic rings. The highest BCUT2D eigenvalue weighted by Gasteiger charge is 2.31. The molecule has 2 heterocycles. The van der Waals surface area contributed by atoms with Gasteiger partial charge in [-0.2, -0.15) is 0 Å². The summed E-state index contributed by atoms with van der Waals surface area (Å²) >= 11 is 0. The van der Waals surface area contributed by atoms with Gasteiger partial charge in [-0.1, -0.05) is 36.4 Å². The van der Waals surface area contributed by atoms with E-state index in [4.69, 9.17) is 5.73 Å². The number of nitrogens with two attached hydrogens (primary N) is 1. The Balaban J connectivity index is 1.66. The molecule has 0 unspecified atom stereocenters. The summed E-state index contributed by atoms with van der Waals surface area (Å²) in [4.78, 5) is 37.6. The zero-order valence-corrected chi connectivity index (χ0v) is 15.8. The number of aromatic nitrogens is 1. The molecule has 7 nitrogen and oxygen atoms in total. The number of primary amides is 1. The summed E-state index contributed by atoms with van der Waals surface area (Å²) < 4.78 is 1.52. The van der Waals surface area contributed by atoms with E-state index in [0.29, 0.717) is 13.1 Å². The average molecular weight is 382 g/mol. The third-order valence-electron chi connectivity index (χ3n) is 5.13. The van der Waals surface area contributed by atoms with Crippen LogP contribution in [0.1, 0.15) is 24.3 Å². The van der Waals surface area contributed by atoms with Crippen LogP contribution in [-0.2, 0) is 16.1 Å². The first kappa shape index (κ1) is 19.8. The number of amides is 2. The van der Waals surface area contributed by atoms with Gasteiger partial charge in [-0.15, -0.1) is 0 Å². The SMILES string of the molecule is NC(=O)CN1CC[C@@H](c2ccccc2)[C@@H](NC(=O)CCn2ccccc2=O)C1. The molecule has 2 aromatic rings. The third kappa shape index (κ3) is 5.29. The zero-order valence-electron chi connectivity index (χ0n) is 15.8. The first-order chi connectivity index (χ1) is 13.5. The van der Waals surface area contributed by atoms with Gasteiger partial charge in [0.25, 0.3) is 5.56 Å². The van der Waals surface area contributed by atoms with Crippen LogP contribution in [0, 0.1) is 0 Å². The Kier molecular flexibility index (Phi) is 6.60. The fraction of sp³-hybridized carbons (Fsp3) is 0.381. The van der Waals surface area contributed by atoms with Gasteiger partial charge >= 0.3 is 0 Å². The minimum absolute atomic E-state index is 0.109. The van der Waals surface area contributed by atoms with Crippen LogP contribution in [-0.4, -0.2) is 47.0 Å². The van der Waals surface area contributed by atoms with Crippen LogP contribution in [0.25, 0.3) is 0 Å². The van der Waals surface area contributed by atoms with Crippen molar-refractivity contribution in [1.82, 2.24) is 14.8 Å². The van der Waals surface area contributed by atoms with Crippen molar-refractivity contribution in [3.8, 4) is 0 Å². The highest BCUT2D eigenvalue weighted by Crippen LogP contribution is 2.28. The van der Waals surface area contributed by atoms with E-state index in [1.165, 1.54) is 16.2 Å². The van der Waals surface area contributed by atoms with Gasteiger partial charge in [-0.25, -0.2) is 0 Å². The predicted molar refractivity (Wildman–Crippen MR) is 107 cm³/mol. The van der Waals surface area contributed by atoms with Gasteiger partial charge in [0.2, 0.25) is 11.8 Å². The number of likely N-dealkylation sites (tertiary alicyclic amines) is 1. The highest BCUT2D eigenvalue weighted by molar-refractivity contribution is 5.77. The van der Waals surface area contributed by atoms with Crippen molar-refractivity contribution >= 4 is 11.8 Å². The molecule has 28 heavy (non-hydrogen) atoms. The number of benzene rings is 1. The quantitative estimate of drug-likeness (QED) is 0.737. The summed E-state index contributed by atoms with van der Waals surface area (Å²) in [7, 11) is 0. The van der Waals surface area contributed by atoms with Crippen LogP contribution >= 0.6 is 0 Å².